The molecule has 2 unspecified atom stereocenters. The molecule has 0 heterocycles. The zero-order chi connectivity index (χ0) is 7.72. The summed E-state index contributed by atoms with van der Waals surface area (Å²) >= 11 is 0. The SMILES string of the molecule is CC1CC1[C@@H](N)CC(N)=O. The maximum atomic E-state index is 10.4. The van der Waals surface area contributed by atoms with Gasteiger partial charge in [0.05, 0.1) is 0 Å². The minimum atomic E-state index is -0.286. The number of nitrogens with two attached hydrogens (primary N) is 2. The Kier molecular flexibility index (Phi) is 1.94. The summed E-state index contributed by atoms with van der Waals surface area (Å²) in [6, 6.07) is 0.00694. The zero-order valence-corrected chi connectivity index (χ0v) is 6.21. The van der Waals surface area contributed by atoms with Crippen LogP contribution in [-0.2, 0) is 4.79 Å². The van der Waals surface area contributed by atoms with E-state index in [9.17, 15) is 4.79 Å². The van der Waals surface area contributed by atoms with Gasteiger partial charge in [-0.2, -0.15) is 0 Å². The summed E-state index contributed by atoms with van der Waals surface area (Å²) in [7, 11) is 0. The van der Waals surface area contributed by atoms with Crippen LogP contribution in [0.5, 0.6) is 0 Å². The molecule has 1 fully saturated rings. The van der Waals surface area contributed by atoms with Gasteiger partial charge in [0.1, 0.15) is 0 Å². The summed E-state index contributed by atoms with van der Waals surface area (Å²) in [6.07, 6.45) is 1.50. The molecular weight excluding hydrogens is 128 g/mol. The largest absolute Gasteiger partial charge is 0.370 e. The third kappa shape index (κ3) is 1.70. The molecule has 1 amide bonds. The van der Waals surface area contributed by atoms with Gasteiger partial charge in [0.25, 0.3) is 0 Å². The lowest BCUT2D eigenvalue weighted by atomic mass is 10.1. The van der Waals surface area contributed by atoms with E-state index >= 15 is 0 Å². The van der Waals surface area contributed by atoms with Crippen molar-refractivity contribution in [1.82, 2.24) is 0 Å². The smallest absolute Gasteiger partial charge is 0.218 e. The molecule has 3 atom stereocenters. The molecule has 1 aliphatic rings. The first-order valence-corrected chi connectivity index (χ1v) is 3.65. The number of primary amides is 1. The van der Waals surface area contributed by atoms with E-state index in [0.717, 1.165) is 6.42 Å². The van der Waals surface area contributed by atoms with Crippen LogP contribution >= 0.6 is 0 Å². The summed E-state index contributed by atoms with van der Waals surface area (Å²) in [6.45, 7) is 2.14. The van der Waals surface area contributed by atoms with Crippen molar-refractivity contribution in [3.63, 3.8) is 0 Å². The van der Waals surface area contributed by atoms with Crippen molar-refractivity contribution in [2.45, 2.75) is 25.8 Å². The Morgan fingerprint density at radius 2 is 2.30 bits per heavy atom. The minimum absolute atomic E-state index is 0.00694. The van der Waals surface area contributed by atoms with Crippen LogP contribution in [0.4, 0.5) is 0 Å². The van der Waals surface area contributed by atoms with Gasteiger partial charge in [0.2, 0.25) is 5.91 Å². The van der Waals surface area contributed by atoms with Crippen molar-refractivity contribution < 1.29 is 4.79 Å². The molecule has 3 nitrogen and oxygen atoms in total. The quantitative estimate of drug-likeness (QED) is 0.575. The summed E-state index contributed by atoms with van der Waals surface area (Å²) < 4.78 is 0. The number of hydrogen-bond acceptors (Lipinski definition) is 2. The van der Waals surface area contributed by atoms with E-state index in [-0.39, 0.29) is 11.9 Å². The number of amides is 1. The van der Waals surface area contributed by atoms with E-state index in [2.05, 4.69) is 6.92 Å². The van der Waals surface area contributed by atoms with E-state index in [0.29, 0.717) is 18.3 Å². The van der Waals surface area contributed by atoms with Gasteiger partial charge in [-0.15, -0.1) is 0 Å². The molecule has 0 saturated heterocycles. The summed E-state index contributed by atoms with van der Waals surface area (Å²) in [5, 5.41) is 0. The summed E-state index contributed by atoms with van der Waals surface area (Å²) in [5.74, 6) is 0.966. The van der Waals surface area contributed by atoms with Crippen LogP contribution in [0.25, 0.3) is 0 Å². The second kappa shape index (κ2) is 2.58. The lowest BCUT2D eigenvalue weighted by Gasteiger charge is -2.06. The maximum Gasteiger partial charge on any atom is 0.218 e. The third-order valence-corrected chi connectivity index (χ3v) is 2.16. The molecule has 0 aliphatic heterocycles. The van der Waals surface area contributed by atoms with Gasteiger partial charge in [0.15, 0.2) is 0 Å². The Morgan fingerprint density at radius 3 is 2.60 bits per heavy atom. The Labute approximate surface area is 60.8 Å². The molecule has 0 aromatic rings. The Morgan fingerprint density at radius 1 is 1.80 bits per heavy atom. The van der Waals surface area contributed by atoms with Crippen LogP contribution in [0.1, 0.15) is 19.8 Å². The van der Waals surface area contributed by atoms with Crippen molar-refractivity contribution in [3.05, 3.63) is 0 Å². The van der Waals surface area contributed by atoms with Crippen molar-refractivity contribution >= 4 is 5.91 Å². The van der Waals surface area contributed by atoms with Gasteiger partial charge in [-0.25, -0.2) is 0 Å². The highest BCUT2D eigenvalue weighted by molar-refractivity contribution is 5.74. The Hall–Kier alpha value is -0.570. The minimum Gasteiger partial charge on any atom is -0.370 e. The fourth-order valence-corrected chi connectivity index (χ4v) is 1.33. The van der Waals surface area contributed by atoms with E-state index in [1.165, 1.54) is 0 Å². The number of hydrogen-bond donors (Lipinski definition) is 2. The average Bonchev–Trinajstić information content (AvgIpc) is 2.44. The molecule has 3 heteroatoms. The maximum absolute atomic E-state index is 10.4. The topological polar surface area (TPSA) is 69.1 Å². The second-order valence-electron chi connectivity index (χ2n) is 3.21. The van der Waals surface area contributed by atoms with Crippen molar-refractivity contribution in [2.75, 3.05) is 0 Å². The highest BCUT2D eigenvalue weighted by Crippen LogP contribution is 2.40. The van der Waals surface area contributed by atoms with Gasteiger partial charge in [-0.05, 0) is 18.3 Å². The first-order chi connectivity index (χ1) is 4.61. The molecule has 10 heavy (non-hydrogen) atoms. The predicted molar refractivity (Wildman–Crippen MR) is 39.1 cm³/mol. The molecule has 0 bridgehead atoms. The van der Waals surface area contributed by atoms with E-state index < -0.39 is 0 Å². The van der Waals surface area contributed by atoms with Gasteiger partial charge in [0, 0.05) is 12.5 Å². The van der Waals surface area contributed by atoms with Crippen LogP contribution < -0.4 is 11.5 Å². The van der Waals surface area contributed by atoms with Gasteiger partial charge < -0.3 is 11.5 Å². The molecule has 4 N–H and O–H groups in total. The number of carbonyl (C=O) groups is 1. The lowest BCUT2D eigenvalue weighted by Crippen LogP contribution is -2.29. The second-order valence-corrected chi connectivity index (χ2v) is 3.21. The predicted octanol–water partition coefficient (Wildman–Crippen LogP) is -0.155. The first kappa shape index (κ1) is 7.54. The first-order valence-electron chi connectivity index (χ1n) is 3.65. The van der Waals surface area contributed by atoms with Crippen molar-refractivity contribution in [3.8, 4) is 0 Å². The lowest BCUT2D eigenvalue weighted by molar-refractivity contribution is -0.118. The molecule has 0 spiro atoms. The molecule has 1 saturated carbocycles. The molecule has 58 valence electrons. The normalized spacial score (nSPS) is 33.4. The van der Waals surface area contributed by atoms with E-state index in [4.69, 9.17) is 11.5 Å². The van der Waals surface area contributed by atoms with Crippen LogP contribution in [0.15, 0.2) is 0 Å². The van der Waals surface area contributed by atoms with Crippen LogP contribution in [0.2, 0.25) is 0 Å². The number of rotatable bonds is 3. The van der Waals surface area contributed by atoms with E-state index in [1.54, 1.807) is 0 Å². The standard InChI is InChI=1S/C7H14N2O/c1-4-2-5(4)6(8)3-7(9)10/h4-6H,2-3,8H2,1H3,(H2,9,10)/t4?,5?,6-/m0/s1. The molecule has 0 aromatic carbocycles. The molecule has 0 aromatic heterocycles. The Balaban J connectivity index is 2.22. The van der Waals surface area contributed by atoms with Crippen LogP contribution in [0.3, 0.4) is 0 Å². The molecular formula is C7H14N2O. The summed E-state index contributed by atoms with van der Waals surface area (Å²) in [4.78, 5) is 10.4. The van der Waals surface area contributed by atoms with Gasteiger partial charge in [-0.1, -0.05) is 6.92 Å². The summed E-state index contributed by atoms with van der Waals surface area (Å²) in [5.41, 5.74) is 10.7. The highest BCUT2D eigenvalue weighted by atomic mass is 16.1. The van der Waals surface area contributed by atoms with Crippen molar-refractivity contribution in [2.24, 2.45) is 23.3 Å². The highest BCUT2D eigenvalue weighted by Gasteiger charge is 2.37. The fraction of sp³-hybridized carbons (Fsp3) is 0.857. The monoisotopic (exact) mass is 142 g/mol. The third-order valence-electron chi connectivity index (χ3n) is 2.16. The van der Waals surface area contributed by atoms with Crippen molar-refractivity contribution in [1.29, 1.82) is 0 Å². The van der Waals surface area contributed by atoms with Crippen LogP contribution in [-0.4, -0.2) is 11.9 Å². The zero-order valence-electron chi connectivity index (χ0n) is 6.21. The fourth-order valence-electron chi connectivity index (χ4n) is 1.33. The van der Waals surface area contributed by atoms with Gasteiger partial charge >= 0.3 is 0 Å². The molecule has 1 rings (SSSR count). The molecule has 0 radical (unpaired) electrons. The Bertz CT molecular complexity index is 147. The van der Waals surface area contributed by atoms with E-state index in [1.807, 2.05) is 0 Å². The average molecular weight is 142 g/mol. The van der Waals surface area contributed by atoms with Crippen LogP contribution in [0, 0.1) is 11.8 Å². The number of carbonyl (C=O) groups excluding carboxylic acids is 1. The molecule has 1 aliphatic carbocycles. The van der Waals surface area contributed by atoms with Gasteiger partial charge in [-0.3, -0.25) is 4.79 Å².